The van der Waals surface area contributed by atoms with E-state index < -0.39 is 26.4 Å². The summed E-state index contributed by atoms with van der Waals surface area (Å²) in [4.78, 5) is 3.34. The Kier molecular flexibility index (Phi) is 4.09. The van der Waals surface area contributed by atoms with Crippen LogP contribution in [0, 0.1) is 18.6 Å². The molecule has 1 aromatic carbocycles. The second kappa shape index (κ2) is 5.94. The van der Waals surface area contributed by atoms with Gasteiger partial charge in [0.15, 0.2) is 9.84 Å². The first-order chi connectivity index (χ1) is 11.3. The van der Waals surface area contributed by atoms with E-state index in [4.69, 9.17) is 0 Å². The molecule has 0 bridgehead atoms. The number of hydrogen-bond donors (Lipinski definition) is 0. The second-order valence-corrected chi connectivity index (χ2v) is 7.60. The molecule has 0 saturated carbocycles. The number of nitrogens with zero attached hydrogens (tertiary/aromatic N) is 1. The third-order valence-corrected chi connectivity index (χ3v) is 5.04. The lowest BCUT2D eigenvalue weighted by Crippen LogP contribution is -2.06. The number of halogens is 2. The predicted molar refractivity (Wildman–Crippen MR) is 89.0 cm³/mol. The number of rotatable bonds is 3. The van der Waals surface area contributed by atoms with E-state index in [2.05, 4.69) is 4.98 Å². The minimum Gasteiger partial charge on any atom is -0.261 e. The summed E-state index contributed by atoms with van der Waals surface area (Å²) in [5.41, 5.74) is 3.51. The van der Waals surface area contributed by atoms with Gasteiger partial charge in [0, 0.05) is 23.7 Å². The lowest BCUT2D eigenvalue weighted by molar-refractivity contribution is 0.521. The number of sulfone groups is 1. The van der Waals surface area contributed by atoms with Gasteiger partial charge in [-0.2, -0.15) is 0 Å². The number of allylic oxidation sites excluding steroid dienone is 4. The fourth-order valence-corrected chi connectivity index (χ4v) is 3.71. The molecule has 3 nitrogen and oxygen atoms in total. The van der Waals surface area contributed by atoms with Crippen LogP contribution in [0.4, 0.5) is 8.78 Å². The molecule has 6 heteroatoms. The third-order valence-electron chi connectivity index (χ3n) is 3.91. The number of aryl methyl sites for hydroxylation is 1. The van der Waals surface area contributed by atoms with Crippen molar-refractivity contribution in [1.82, 2.24) is 4.98 Å². The van der Waals surface area contributed by atoms with Crippen molar-refractivity contribution < 1.29 is 17.2 Å². The Balaban J connectivity index is 2.11. The van der Waals surface area contributed by atoms with Crippen LogP contribution in [0.5, 0.6) is 0 Å². The van der Waals surface area contributed by atoms with Crippen molar-refractivity contribution in [1.29, 1.82) is 0 Å². The van der Waals surface area contributed by atoms with E-state index in [1.165, 1.54) is 0 Å². The molecule has 0 N–H and O–H groups in total. The zero-order valence-corrected chi connectivity index (χ0v) is 14.0. The molecule has 0 fully saturated rings. The van der Waals surface area contributed by atoms with Crippen LogP contribution in [0.1, 0.15) is 23.2 Å². The summed E-state index contributed by atoms with van der Waals surface area (Å²) in [6.45, 7) is 1.86. The number of hydrogen-bond acceptors (Lipinski definition) is 3. The first kappa shape index (κ1) is 16.5. The van der Waals surface area contributed by atoms with E-state index >= 15 is 0 Å². The summed E-state index contributed by atoms with van der Waals surface area (Å²) in [6.07, 6.45) is 6.91. The van der Waals surface area contributed by atoms with Crippen molar-refractivity contribution in [2.45, 2.75) is 18.2 Å². The number of aromatic nitrogens is 1. The van der Waals surface area contributed by atoms with Gasteiger partial charge in [-0.05, 0) is 48.3 Å². The van der Waals surface area contributed by atoms with Crippen molar-refractivity contribution in [2.24, 2.45) is 0 Å². The van der Waals surface area contributed by atoms with Crippen molar-refractivity contribution in [2.75, 3.05) is 6.26 Å². The molecule has 2 aromatic rings. The van der Waals surface area contributed by atoms with E-state index in [-0.39, 0.29) is 0 Å². The van der Waals surface area contributed by atoms with Crippen LogP contribution in [-0.4, -0.2) is 19.7 Å². The van der Waals surface area contributed by atoms with Crippen LogP contribution in [0.25, 0.3) is 11.1 Å². The zero-order chi connectivity index (χ0) is 17.5. The molecule has 0 radical (unpaired) electrons. The first-order valence-electron chi connectivity index (χ1n) is 7.31. The summed E-state index contributed by atoms with van der Waals surface area (Å²) >= 11 is 0. The molecule has 0 saturated heterocycles. The van der Waals surface area contributed by atoms with Crippen molar-refractivity contribution in [3.05, 3.63) is 71.1 Å². The highest BCUT2D eigenvalue weighted by Crippen LogP contribution is 2.38. The monoisotopic (exact) mass is 347 g/mol. The standard InChI is InChI=1S/C18H15F2NO2S/c1-11-13(7-4-8-21-11)15-6-3-5-14(15)12-9-16(19)18(17(20)10-12)24(2,22)23/h4-10H,3H2,1-2H3. The van der Waals surface area contributed by atoms with Gasteiger partial charge >= 0.3 is 0 Å². The summed E-state index contributed by atoms with van der Waals surface area (Å²) in [7, 11) is -3.97. The molecule has 0 amide bonds. The van der Waals surface area contributed by atoms with Crippen LogP contribution in [0.15, 0.2) is 47.5 Å². The summed E-state index contributed by atoms with van der Waals surface area (Å²) < 4.78 is 51.4. The van der Waals surface area contributed by atoms with Gasteiger partial charge in [0.1, 0.15) is 16.5 Å². The Morgan fingerprint density at radius 1 is 1.08 bits per heavy atom. The van der Waals surface area contributed by atoms with Gasteiger partial charge in [0.2, 0.25) is 0 Å². The van der Waals surface area contributed by atoms with Crippen LogP contribution < -0.4 is 0 Å². The highest BCUT2D eigenvalue weighted by Gasteiger charge is 2.23. The smallest absolute Gasteiger partial charge is 0.181 e. The highest BCUT2D eigenvalue weighted by molar-refractivity contribution is 7.90. The van der Waals surface area contributed by atoms with E-state index in [1.54, 1.807) is 12.3 Å². The van der Waals surface area contributed by atoms with Crippen molar-refractivity contribution >= 4 is 21.0 Å². The van der Waals surface area contributed by atoms with Crippen LogP contribution in [-0.2, 0) is 9.84 Å². The van der Waals surface area contributed by atoms with Crippen LogP contribution in [0.2, 0.25) is 0 Å². The highest BCUT2D eigenvalue weighted by atomic mass is 32.2. The summed E-state index contributed by atoms with van der Waals surface area (Å²) in [5, 5.41) is 0. The molecule has 0 unspecified atom stereocenters. The number of pyridine rings is 1. The fourth-order valence-electron chi connectivity index (χ4n) is 2.88. The van der Waals surface area contributed by atoms with E-state index in [9.17, 15) is 17.2 Å². The van der Waals surface area contributed by atoms with Gasteiger partial charge in [0.05, 0.1) is 0 Å². The topological polar surface area (TPSA) is 47.0 Å². The van der Waals surface area contributed by atoms with Gasteiger partial charge in [0.25, 0.3) is 0 Å². The summed E-state index contributed by atoms with van der Waals surface area (Å²) in [6, 6.07) is 5.82. The van der Waals surface area contributed by atoms with Crippen molar-refractivity contribution in [3.8, 4) is 0 Å². The lowest BCUT2D eigenvalue weighted by atomic mass is 9.94. The Bertz CT molecular complexity index is 969. The molecular weight excluding hydrogens is 332 g/mol. The molecule has 3 rings (SSSR count). The Labute approximate surface area is 139 Å². The first-order valence-corrected chi connectivity index (χ1v) is 9.20. The SMILES string of the molecule is Cc1ncccc1C1=CCC=C1c1cc(F)c(S(C)(=O)=O)c(F)c1. The van der Waals surface area contributed by atoms with Gasteiger partial charge in [-0.25, -0.2) is 17.2 Å². The van der Waals surface area contributed by atoms with E-state index in [0.717, 1.165) is 35.2 Å². The molecule has 1 aliphatic rings. The molecule has 1 heterocycles. The average molecular weight is 347 g/mol. The average Bonchev–Trinajstić information content (AvgIpc) is 2.94. The summed E-state index contributed by atoms with van der Waals surface area (Å²) in [5.74, 6) is -2.16. The largest absolute Gasteiger partial charge is 0.261 e. The second-order valence-electron chi connectivity index (χ2n) is 5.65. The number of benzene rings is 1. The molecule has 124 valence electrons. The molecule has 24 heavy (non-hydrogen) atoms. The Hall–Kier alpha value is -2.34. The molecule has 1 aliphatic carbocycles. The van der Waals surface area contributed by atoms with Gasteiger partial charge < -0.3 is 0 Å². The fraction of sp³-hybridized carbons (Fsp3) is 0.167. The van der Waals surface area contributed by atoms with Crippen molar-refractivity contribution in [3.63, 3.8) is 0 Å². The maximum absolute atomic E-state index is 14.2. The zero-order valence-electron chi connectivity index (χ0n) is 13.2. The minimum atomic E-state index is -3.97. The van der Waals surface area contributed by atoms with Gasteiger partial charge in [-0.15, -0.1) is 0 Å². The molecule has 0 aliphatic heterocycles. The Morgan fingerprint density at radius 3 is 2.29 bits per heavy atom. The van der Waals surface area contributed by atoms with Crippen LogP contribution in [0.3, 0.4) is 0 Å². The normalized spacial score (nSPS) is 14.5. The van der Waals surface area contributed by atoms with E-state index in [0.29, 0.717) is 17.6 Å². The molecular formula is C18H15F2NO2S. The minimum absolute atomic E-state index is 0.310. The predicted octanol–water partition coefficient (Wildman–Crippen LogP) is 3.94. The quantitative estimate of drug-likeness (QED) is 0.845. The molecule has 0 atom stereocenters. The molecule has 1 aromatic heterocycles. The molecule has 0 spiro atoms. The Morgan fingerprint density at radius 2 is 1.71 bits per heavy atom. The maximum atomic E-state index is 14.2. The van der Waals surface area contributed by atoms with E-state index in [1.807, 2.05) is 25.1 Å². The maximum Gasteiger partial charge on any atom is 0.181 e. The van der Waals surface area contributed by atoms with Crippen LogP contribution >= 0.6 is 0 Å². The van der Waals surface area contributed by atoms with Gasteiger partial charge in [-0.1, -0.05) is 18.2 Å². The third kappa shape index (κ3) is 2.89. The van der Waals surface area contributed by atoms with Gasteiger partial charge in [-0.3, -0.25) is 4.98 Å². The lowest BCUT2D eigenvalue weighted by Gasteiger charge is -2.13.